The summed E-state index contributed by atoms with van der Waals surface area (Å²) in [5.74, 6) is -5.07. The first-order valence-electron chi connectivity index (χ1n) is 15.1. The summed E-state index contributed by atoms with van der Waals surface area (Å²) in [6.45, 7) is 2.53. The average molecular weight is 691 g/mol. The van der Waals surface area contributed by atoms with Crippen molar-refractivity contribution in [1.29, 1.82) is 0 Å². The number of nitrogens with one attached hydrogen (secondary N) is 3. The lowest BCUT2D eigenvalue weighted by Gasteiger charge is -2.38. The Balaban J connectivity index is 1.62. The maximum atomic E-state index is 12.9. The van der Waals surface area contributed by atoms with Gasteiger partial charge in [-0.25, -0.2) is 4.79 Å². The van der Waals surface area contributed by atoms with E-state index in [0.717, 1.165) is 17.1 Å². The summed E-state index contributed by atoms with van der Waals surface area (Å²) in [4.78, 5) is 84.7. The first-order valence-corrected chi connectivity index (χ1v) is 15.1. The van der Waals surface area contributed by atoms with Crippen LogP contribution < -0.4 is 20.7 Å². The molecule has 1 aromatic carbocycles. The first-order chi connectivity index (χ1) is 23.2. The Kier molecular flexibility index (Phi) is 13.9. The fourth-order valence-electron chi connectivity index (χ4n) is 4.60. The van der Waals surface area contributed by atoms with E-state index in [1.165, 1.54) is 31.2 Å². The maximum Gasteiger partial charge on any atom is 0.335 e. The molecule has 49 heavy (non-hydrogen) atoms. The molecule has 1 aromatic rings. The van der Waals surface area contributed by atoms with Crippen molar-refractivity contribution in [3.8, 4) is 5.75 Å². The van der Waals surface area contributed by atoms with E-state index < -0.39 is 78.2 Å². The molecule has 0 aliphatic carbocycles. The summed E-state index contributed by atoms with van der Waals surface area (Å²) in [6.07, 6.45) is -4.45. The molecule has 18 heteroatoms. The number of carbonyl (C=O) groups excluding carboxylic acids is 6. The van der Waals surface area contributed by atoms with Crippen molar-refractivity contribution >= 4 is 53.2 Å². The molecule has 0 unspecified atom stereocenters. The van der Waals surface area contributed by atoms with Gasteiger partial charge in [0, 0.05) is 45.0 Å². The SMILES string of the molecule is CC[C@H](NC(=O)CCN1C(=O)C=CC1=O)C(=O)NCCC(=O)Nc1cc(/C=C/COC(C)=O)ccc1O[C@@H]1O[C@H](C(=O)O)[C@@H](O)[C@H](O)[C@H]1O. The molecule has 0 spiro atoms. The van der Waals surface area contributed by atoms with Crippen molar-refractivity contribution in [3.05, 3.63) is 42.0 Å². The number of aliphatic carboxylic acids is 1. The number of nitrogens with zero attached hydrogens (tertiary/aromatic N) is 1. The summed E-state index contributed by atoms with van der Waals surface area (Å²) < 4.78 is 15.7. The lowest BCUT2D eigenvalue weighted by Crippen LogP contribution is -2.61. The van der Waals surface area contributed by atoms with Crippen molar-refractivity contribution in [2.45, 2.75) is 69.9 Å². The van der Waals surface area contributed by atoms with Crippen LogP contribution in [0.2, 0.25) is 0 Å². The van der Waals surface area contributed by atoms with E-state index in [4.69, 9.17) is 14.2 Å². The van der Waals surface area contributed by atoms with Crippen LogP contribution in [0.4, 0.5) is 5.69 Å². The third-order valence-corrected chi connectivity index (χ3v) is 7.20. The van der Waals surface area contributed by atoms with Gasteiger partial charge in [0.05, 0.1) is 5.69 Å². The number of hydrogen-bond acceptors (Lipinski definition) is 13. The normalized spacial score (nSPS) is 22.5. The van der Waals surface area contributed by atoms with Crippen LogP contribution in [0, 0.1) is 0 Å². The van der Waals surface area contributed by atoms with Crippen molar-refractivity contribution in [1.82, 2.24) is 15.5 Å². The highest BCUT2D eigenvalue weighted by molar-refractivity contribution is 6.13. The lowest BCUT2D eigenvalue weighted by molar-refractivity contribution is -0.271. The number of benzene rings is 1. The van der Waals surface area contributed by atoms with E-state index in [9.17, 15) is 54.0 Å². The topological polar surface area (TPSA) is 267 Å². The average Bonchev–Trinajstić information content (AvgIpc) is 3.37. The smallest absolute Gasteiger partial charge is 0.335 e. The van der Waals surface area contributed by atoms with Crippen LogP contribution in [-0.4, -0.2) is 123 Å². The predicted octanol–water partition coefficient (Wildman–Crippen LogP) is -1.81. The minimum atomic E-state index is -1.95. The summed E-state index contributed by atoms with van der Waals surface area (Å²) in [5.41, 5.74) is 0.501. The highest BCUT2D eigenvalue weighted by Gasteiger charge is 2.48. The molecule has 18 nitrogen and oxygen atoms in total. The number of imide groups is 1. The van der Waals surface area contributed by atoms with Crippen molar-refractivity contribution in [2.24, 2.45) is 0 Å². The minimum Gasteiger partial charge on any atom is -0.479 e. The van der Waals surface area contributed by atoms with E-state index in [2.05, 4.69) is 16.0 Å². The Morgan fingerprint density at radius 1 is 1.00 bits per heavy atom. The predicted molar refractivity (Wildman–Crippen MR) is 166 cm³/mol. The Hall–Kier alpha value is -5.17. The van der Waals surface area contributed by atoms with Crippen LogP contribution in [0.25, 0.3) is 6.08 Å². The van der Waals surface area contributed by atoms with Crippen LogP contribution in [0.15, 0.2) is 36.4 Å². The lowest BCUT2D eigenvalue weighted by atomic mass is 9.99. The van der Waals surface area contributed by atoms with Gasteiger partial charge in [-0.05, 0) is 30.2 Å². The minimum absolute atomic E-state index is 0.0121. The summed E-state index contributed by atoms with van der Waals surface area (Å²) >= 11 is 0. The van der Waals surface area contributed by atoms with Gasteiger partial charge in [-0.1, -0.05) is 19.1 Å². The van der Waals surface area contributed by atoms with Gasteiger partial charge in [-0.2, -0.15) is 0 Å². The molecule has 2 heterocycles. The number of carboxylic acids is 1. The third kappa shape index (κ3) is 10.9. The molecule has 5 amide bonds. The van der Waals surface area contributed by atoms with E-state index in [1.807, 2.05) is 0 Å². The quantitative estimate of drug-likeness (QED) is 0.0745. The van der Waals surface area contributed by atoms with Crippen LogP contribution >= 0.6 is 0 Å². The van der Waals surface area contributed by atoms with Gasteiger partial charge >= 0.3 is 11.9 Å². The first kappa shape index (κ1) is 38.3. The molecule has 6 atom stereocenters. The molecule has 0 radical (unpaired) electrons. The van der Waals surface area contributed by atoms with E-state index in [-0.39, 0.29) is 50.4 Å². The number of hydrogen-bond donors (Lipinski definition) is 7. The second-order valence-electron chi connectivity index (χ2n) is 10.8. The molecular weight excluding hydrogens is 652 g/mol. The van der Waals surface area contributed by atoms with Crippen LogP contribution in [0.1, 0.15) is 38.7 Å². The zero-order chi connectivity index (χ0) is 36.2. The summed E-state index contributed by atoms with van der Waals surface area (Å²) in [5, 5.41) is 47.5. The van der Waals surface area contributed by atoms with Gasteiger partial charge in [-0.3, -0.25) is 33.7 Å². The number of esters is 1. The van der Waals surface area contributed by atoms with Gasteiger partial charge in [0.2, 0.25) is 24.0 Å². The van der Waals surface area contributed by atoms with E-state index in [1.54, 1.807) is 13.0 Å². The zero-order valence-corrected chi connectivity index (χ0v) is 26.6. The van der Waals surface area contributed by atoms with Gasteiger partial charge in [0.1, 0.15) is 36.7 Å². The van der Waals surface area contributed by atoms with Gasteiger partial charge in [0.15, 0.2) is 6.10 Å². The van der Waals surface area contributed by atoms with E-state index >= 15 is 0 Å². The Bertz CT molecular complexity index is 1480. The maximum absolute atomic E-state index is 12.9. The number of carbonyl (C=O) groups is 7. The molecule has 0 bridgehead atoms. The molecule has 1 fully saturated rings. The molecular formula is C31H38N4O14. The highest BCUT2D eigenvalue weighted by atomic mass is 16.7. The molecule has 0 saturated carbocycles. The number of carboxylic acid groups (broad SMARTS) is 1. The number of amides is 5. The fourth-order valence-corrected chi connectivity index (χ4v) is 4.60. The van der Waals surface area contributed by atoms with Gasteiger partial charge < -0.3 is 50.6 Å². The van der Waals surface area contributed by atoms with Crippen LogP contribution in [0.5, 0.6) is 5.75 Å². The second kappa shape index (κ2) is 17.8. The Morgan fingerprint density at radius 2 is 1.69 bits per heavy atom. The second-order valence-corrected chi connectivity index (χ2v) is 10.8. The standard InChI is InChI=1S/C31H38N4O14/c1-3-18(33-22(38)11-13-35-23(39)8-9-24(35)40)29(44)32-12-10-21(37)34-19-15-17(5-4-14-47-16(2)36)6-7-20(19)48-31-27(43)25(41)26(42)28(49-31)30(45)46/h4-9,15,18,25-28,31,41-43H,3,10-14H2,1-2H3,(H,32,44)(H,33,38)(H,34,37)(H,45,46)/b5-4+/t18-,25-,26-,27+,28-,31+/m0/s1. The van der Waals surface area contributed by atoms with Crippen molar-refractivity contribution in [2.75, 3.05) is 25.0 Å². The van der Waals surface area contributed by atoms with Crippen molar-refractivity contribution in [3.63, 3.8) is 0 Å². The summed E-state index contributed by atoms with van der Waals surface area (Å²) in [7, 11) is 0. The highest BCUT2D eigenvalue weighted by Crippen LogP contribution is 2.31. The Labute approximate surface area is 279 Å². The number of aliphatic hydroxyl groups excluding tert-OH is 3. The number of anilines is 1. The number of ether oxygens (including phenoxy) is 3. The number of aliphatic hydroxyl groups is 3. The number of rotatable bonds is 16. The van der Waals surface area contributed by atoms with Crippen LogP contribution in [-0.2, 0) is 43.0 Å². The molecule has 3 rings (SSSR count). The zero-order valence-electron chi connectivity index (χ0n) is 26.6. The molecule has 0 aromatic heterocycles. The monoisotopic (exact) mass is 690 g/mol. The Morgan fingerprint density at radius 3 is 2.33 bits per heavy atom. The molecule has 1 saturated heterocycles. The fraction of sp³-hybridized carbons (Fsp3) is 0.452. The third-order valence-electron chi connectivity index (χ3n) is 7.20. The van der Waals surface area contributed by atoms with Crippen LogP contribution in [0.3, 0.4) is 0 Å². The van der Waals surface area contributed by atoms with E-state index in [0.29, 0.717) is 5.56 Å². The largest absolute Gasteiger partial charge is 0.479 e. The molecule has 7 N–H and O–H groups in total. The van der Waals surface area contributed by atoms with Crippen molar-refractivity contribution < 1.29 is 68.2 Å². The van der Waals surface area contributed by atoms with Gasteiger partial charge in [-0.15, -0.1) is 0 Å². The summed E-state index contributed by atoms with van der Waals surface area (Å²) in [6, 6.07) is 3.35. The molecule has 2 aliphatic rings. The van der Waals surface area contributed by atoms with Gasteiger partial charge in [0.25, 0.3) is 11.8 Å². The molecule has 266 valence electrons. The molecule has 2 aliphatic heterocycles.